The molecule has 2 heterocycles. The predicted octanol–water partition coefficient (Wildman–Crippen LogP) is 3.33. The highest BCUT2D eigenvalue weighted by molar-refractivity contribution is 7.89. The molecule has 0 bridgehead atoms. The van der Waals surface area contributed by atoms with Gasteiger partial charge in [0, 0.05) is 36.8 Å². The lowest BCUT2D eigenvalue weighted by Crippen LogP contribution is -2.54. The topological polar surface area (TPSA) is 127 Å². The highest BCUT2D eigenvalue weighted by atomic mass is 35.5. The molecular weight excluding hydrogens is 505 g/mol. The van der Waals surface area contributed by atoms with E-state index in [2.05, 4.69) is 0 Å². The molecule has 0 radical (unpaired) electrons. The number of carbonyl (C=O) groups is 2. The molecule has 0 aliphatic carbocycles. The molecule has 1 aromatic rings. The summed E-state index contributed by atoms with van der Waals surface area (Å²) in [5, 5.41) is 19.4. The molecule has 1 saturated heterocycles. The molecule has 0 atom stereocenters. The minimum absolute atomic E-state index is 0.00408. The van der Waals surface area contributed by atoms with Crippen molar-refractivity contribution in [2.75, 3.05) is 31.9 Å². The molecule has 0 spiro atoms. The van der Waals surface area contributed by atoms with Gasteiger partial charge in [-0.1, -0.05) is 40.9 Å². The molecule has 3 rings (SSSR count). The van der Waals surface area contributed by atoms with Crippen LogP contribution in [-0.2, 0) is 14.8 Å². The van der Waals surface area contributed by atoms with Gasteiger partial charge in [-0.15, -0.1) is 0 Å². The number of nitrogens with zero attached hydrogens (tertiary/aromatic N) is 2. The van der Waals surface area contributed by atoms with E-state index in [1.54, 1.807) is 23.7 Å². The second-order valence-electron chi connectivity index (χ2n) is 7.83. The summed E-state index contributed by atoms with van der Waals surface area (Å²) in [7, 11) is -3.90. The van der Waals surface area contributed by atoms with Crippen LogP contribution in [0.1, 0.15) is 24.8 Å². The fourth-order valence-electron chi connectivity index (χ4n) is 4.10. The van der Waals surface area contributed by atoms with Gasteiger partial charge in [-0.25, -0.2) is 18.7 Å². The van der Waals surface area contributed by atoms with Gasteiger partial charge in [0.15, 0.2) is 0 Å². The molecule has 0 saturated carbocycles. The molecular formula is C19H22Cl3N3O6S. The number of hydrogen-bond acceptors (Lipinski definition) is 5. The van der Waals surface area contributed by atoms with E-state index >= 15 is 0 Å². The van der Waals surface area contributed by atoms with Crippen molar-refractivity contribution in [2.45, 2.75) is 19.3 Å². The smallest absolute Gasteiger partial charge is 0.407 e. The average molecular weight is 527 g/mol. The summed E-state index contributed by atoms with van der Waals surface area (Å²) in [6.07, 6.45) is 0.894. The van der Waals surface area contributed by atoms with Crippen LogP contribution in [0, 0.1) is 5.41 Å². The third-order valence-corrected chi connectivity index (χ3v) is 8.78. The third kappa shape index (κ3) is 5.16. The van der Waals surface area contributed by atoms with Crippen molar-refractivity contribution in [3.05, 3.63) is 38.8 Å². The van der Waals surface area contributed by atoms with E-state index in [9.17, 15) is 23.2 Å². The SMILES string of the molecule is O=C(O)N1CCC(CS(=O)(=O)N2CC=C(c3c(Cl)cc(Cl)cc3Cl)CC2)(C(=O)NO)CC1. The van der Waals surface area contributed by atoms with Crippen molar-refractivity contribution >= 4 is 62.4 Å². The Bertz CT molecular complexity index is 1030. The number of sulfonamides is 1. The Morgan fingerprint density at radius 3 is 2.16 bits per heavy atom. The molecule has 1 aromatic carbocycles. The molecule has 1 fully saturated rings. The van der Waals surface area contributed by atoms with Crippen LogP contribution in [0.4, 0.5) is 4.79 Å². The average Bonchev–Trinajstić information content (AvgIpc) is 2.72. The van der Waals surface area contributed by atoms with Gasteiger partial charge >= 0.3 is 6.09 Å². The Hall–Kier alpha value is -1.56. The van der Waals surface area contributed by atoms with Crippen LogP contribution in [0.25, 0.3) is 5.57 Å². The summed E-state index contributed by atoms with van der Waals surface area (Å²) in [5.41, 5.74) is 1.52. The molecule has 0 unspecified atom stereocenters. The van der Waals surface area contributed by atoms with Gasteiger partial charge in [0.05, 0.1) is 21.2 Å². The third-order valence-electron chi connectivity index (χ3n) is 5.93. The first kappa shape index (κ1) is 25.1. The van der Waals surface area contributed by atoms with Gasteiger partial charge in [0.25, 0.3) is 5.91 Å². The van der Waals surface area contributed by atoms with Crippen molar-refractivity contribution in [1.29, 1.82) is 0 Å². The van der Waals surface area contributed by atoms with Crippen molar-refractivity contribution in [3.63, 3.8) is 0 Å². The first-order valence-corrected chi connectivity index (χ1v) is 12.5. The number of amides is 2. The minimum Gasteiger partial charge on any atom is -0.465 e. The minimum atomic E-state index is -3.90. The molecule has 9 nitrogen and oxygen atoms in total. The summed E-state index contributed by atoms with van der Waals surface area (Å²) in [6, 6.07) is 3.13. The van der Waals surface area contributed by atoms with Gasteiger partial charge in [-0.2, -0.15) is 4.31 Å². The first-order valence-electron chi connectivity index (χ1n) is 9.73. The number of carboxylic acid groups (broad SMARTS) is 1. The van der Waals surface area contributed by atoms with Crippen LogP contribution < -0.4 is 5.48 Å². The lowest BCUT2D eigenvalue weighted by Gasteiger charge is -2.40. The van der Waals surface area contributed by atoms with Crippen LogP contribution in [-0.4, -0.2) is 71.9 Å². The number of likely N-dealkylation sites (tertiary alicyclic amines) is 1. The number of carbonyl (C=O) groups excluding carboxylic acids is 1. The van der Waals surface area contributed by atoms with Crippen LogP contribution in [0.15, 0.2) is 18.2 Å². The number of hydrogen-bond donors (Lipinski definition) is 3. The standard InChI is InChI=1S/C19H22Cl3N3O6S/c20-13-9-14(21)16(15(22)10-13)12-1-5-25(6-2-12)32(30,31)11-19(17(26)23-29)3-7-24(8-4-19)18(27)28/h1,9-10,29H,2-8,11H2,(H,23,26)(H,27,28). The quantitative estimate of drug-likeness (QED) is 0.399. The number of halogens is 3. The second-order valence-corrected chi connectivity index (χ2v) is 11.0. The lowest BCUT2D eigenvalue weighted by molar-refractivity contribution is -0.141. The fraction of sp³-hybridized carbons (Fsp3) is 0.474. The van der Waals surface area contributed by atoms with E-state index in [-0.39, 0.29) is 39.0 Å². The predicted molar refractivity (Wildman–Crippen MR) is 121 cm³/mol. The summed E-state index contributed by atoms with van der Waals surface area (Å²) < 4.78 is 27.6. The van der Waals surface area contributed by atoms with Gasteiger partial charge in [0.1, 0.15) is 0 Å². The van der Waals surface area contributed by atoms with Gasteiger partial charge in [-0.3, -0.25) is 10.0 Å². The summed E-state index contributed by atoms with van der Waals surface area (Å²) >= 11 is 18.5. The van der Waals surface area contributed by atoms with Crippen LogP contribution in [0.3, 0.4) is 0 Å². The molecule has 3 N–H and O–H groups in total. The molecule has 2 aliphatic rings. The van der Waals surface area contributed by atoms with E-state index in [0.717, 1.165) is 10.5 Å². The summed E-state index contributed by atoms with van der Waals surface area (Å²) in [6.45, 7) is 0.207. The Morgan fingerprint density at radius 1 is 1.09 bits per heavy atom. The first-order chi connectivity index (χ1) is 15.0. The molecule has 0 aromatic heterocycles. The van der Waals surface area contributed by atoms with Crippen LogP contribution >= 0.6 is 34.8 Å². The maximum atomic E-state index is 13.2. The molecule has 32 heavy (non-hydrogen) atoms. The number of hydroxylamine groups is 1. The monoisotopic (exact) mass is 525 g/mol. The number of piperidine rings is 1. The lowest BCUT2D eigenvalue weighted by atomic mass is 9.79. The summed E-state index contributed by atoms with van der Waals surface area (Å²) in [4.78, 5) is 24.7. The zero-order valence-electron chi connectivity index (χ0n) is 16.9. The molecule has 2 amide bonds. The maximum Gasteiger partial charge on any atom is 0.407 e. The number of benzene rings is 1. The van der Waals surface area contributed by atoms with Crippen molar-refractivity contribution in [2.24, 2.45) is 5.41 Å². The second kappa shape index (κ2) is 9.74. The highest BCUT2D eigenvalue weighted by Crippen LogP contribution is 2.38. The molecule has 2 aliphatic heterocycles. The van der Waals surface area contributed by atoms with Crippen molar-refractivity contribution in [1.82, 2.24) is 14.7 Å². The Labute approximate surface area is 200 Å². The normalized spacial score (nSPS) is 19.4. The van der Waals surface area contributed by atoms with E-state index in [4.69, 9.17) is 39.9 Å². The Balaban J connectivity index is 1.78. The Kier molecular flexibility index (Phi) is 7.63. The van der Waals surface area contributed by atoms with Crippen molar-refractivity contribution in [3.8, 4) is 0 Å². The Morgan fingerprint density at radius 2 is 1.69 bits per heavy atom. The zero-order chi connectivity index (χ0) is 23.7. The van der Waals surface area contributed by atoms with Gasteiger partial charge < -0.3 is 10.0 Å². The summed E-state index contributed by atoms with van der Waals surface area (Å²) in [5.74, 6) is -1.37. The maximum absolute atomic E-state index is 13.2. The molecule has 176 valence electrons. The van der Waals surface area contributed by atoms with Crippen LogP contribution in [0.2, 0.25) is 15.1 Å². The zero-order valence-corrected chi connectivity index (χ0v) is 19.9. The number of nitrogens with one attached hydrogen (secondary N) is 1. The molecule has 13 heteroatoms. The van der Waals surface area contributed by atoms with E-state index in [1.807, 2.05) is 0 Å². The van der Waals surface area contributed by atoms with Gasteiger partial charge in [0.2, 0.25) is 10.0 Å². The largest absolute Gasteiger partial charge is 0.465 e. The van der Waals surface area contributed by atoms with Gasteiger partial charge in [-0.05, 0) is 37.0 Å². The van der Waals surface area contributed by atoms with E-state index in [0.29, 0.717) is 27.1 Å². The fourth-order valence-corrected chi connectivity index (χ4v) is 7.13. The highest BCUT2D eigenvalue weighted by Gasteiger charge is 2.47. The van der Waals surface area contributed by atoms with Crippen molar-refractivity contribution < 1.29 is 28.3 Å². The van der Waals surface area contributed by atoms with E-state index < -0.39 is 33.2 Å². The number of rotatable bonds is 5. The van der Waals surface area contributed by atoms with Crippen LogP contribution in [0.5, 0.6) is 0 Å². The van der Waals surface area contributed by atoms with E-state index in [1.165, 1.54) is 4.31 Å².